The predicted octanol–water partition coefficient (Wildman–Crippen LogP) is -0.778. The van der Waals surface area contributed by atoms with Crippen LogP contribution >= 0.6 is 0 Å². The molecular weight excluding hydrogens is 524 g/mol. The van der Waals surface area contributed by atoms with Gasteiger partial charge in [0, 0.05) is 57.7 Å². The fraction of sp³-hybridized carbons (Fsp3) is 0.600. The summed E-state index contributed by atoms with van der Waals surface area (Å²) in [6, 6.07) is 3.62. The Labute approximate surface area is 196 Å². The Morgan fingerprint density at radius 2 is 1.45 bits per heavy atom. The van der Waals surface area contributed by atoms with Gasteiger partial charge in [0.15, 0.2) is 0 Å². The summed E-state index contributed by atoms with van der Waals surface area (Å²) in [5, 5.41) is 15.2. The second-order valence-electron chi connectivity index (χ2n) is 6.21. The van der Waals surface area contributed by atoms with Crippen molar-refractivity contribution in [3.8, 4) is 6.07 Å². The van der Waals surface area contributed by atoms with E-state index in [1.807, 2.05) is 6.07 Å². The average molecular weight is 549 g/mol. The molecule has 1 heterocycles. The van der Waals surface area contributed by atoms with Crippen LogP contribution in [0.4, 0.5) is 11.6 Å². The fourth-order valence-corrected chi connectivity index (χ4v) is 4.68. The summed E-state index contributed by atoms with van der Waals surface area (Å²) in [7, 11) is -12.0. The van der Waals surface area contributed by atoms with E-state index in [4.69, 9.17) is 9.11 Å². The van der Waals surface area contributed by atoms with Crippen LogP contribution < -0.4 is 10.6 Å². The smallest absolute Gasteiger partial charge is 0.369 e. The van der Waals surface area contributed by atoms with Gasteiger partial charge in [-0.15, -0.1) is 0 Å². The van der Waals surface area contributed by atoms with Gasteiger partial charge in [-0.05, 0) is 18.6 Å². The molecule has 1 aromatic heterocycles. The van der Waals surface area contributed by atoms with Crippen molar-refractivity contribution >= 4 is 54.0 Å². The molecule has 0 bridgehead atoms. The van der Waals surface area contributed by atoms with E-state index in [0.29, 0.717) is 11.4 Å². The maximum atomic E-state index is 11.9. The van der Waals surface area contributed by atoms with Crippen molar-refractivity contribution in [2.45, 2.75) is 6.92 Å². The zero-order chi connectivity index (χ0) is 25.1. The monoisotopic (exact) mass is 548 g/mol. The minimum atomic E-state index is -4.59. The lowest BCUT2D eigenvalue weighted by molar-refractivity contribution is 0.283. The summed E-state index contributed by atoms with van der Waals surface area (Å²) in [6.45, 7) is 1.20. The molecule has 1 aromatic rings. The first-order valence-electron chi connectivity index (χ1n) is 9.14. The summed E-state index contributed by atoms with van der Waals surface area (Å²) >= 11 is 0. The molecule has 4 N–H and O–H groups in total. The number of nitriles is 1. The van der Waals surface area contributed by atoms with Crippen LogP contribution in [0.5, 0.6) is 0 Å². The molecule has 33 heavy (non-hydrogen) atoms. The van der Waals surface area contributed by atoms with Crippen LogP contribution in [0.15, 0.2) is 6.07 Å². The number of aryl methyl sites for hydroxylation is 1. The number of hydrogen-bond donors (Lipinski definition) is 4. The summed E-state index contributed by atoms with van der Waals surface area (Å²) in [5.74, 6) is 0.635. The fourth-order valence-electron chi connectivity index (χ4n) is 2.28. The Balaban J connectivity index is 2.56. The van der Waals surface area contributed by atoms with Crippen molar-refractivity contribution in [1.82, 2.24) is 4.98 Å². The normalized spacial score (nSPS) is 13.8. The second-order valence-corrected chi connectivity index (χ2v) is 11.8. The summed E-state index contributed by atoms with van der Waals surface area (Å²) in [5.41, 5.74) is 0.870. The van der Waals surface area contributed by atoms with Crippen LogP contribution in [0.2, 0.25) is 0 Å². The van der Waals surface area contributed by atoms with Gasteiger partial charge >= 0.3 is 20.8 Å². The van der Waals surface area contributed by atoms with Crippen LogP contribution in [0.1, 0.15) is 11.1 Å². The van der Waals surface area contributed by atoms with Gasteiger partial charge in [0.1, 0.15) is 17.7 Å². The number of anilines is 2. The van der Waals surface area contributed by atoms with Crippen molar-refractivity contribution in [2.24, 2.45) is 0 Å². The van der Waals surface area contributed by atoms with Gasteiger partial charge in [0.25, 0.3) is 0 Å². The van der Waals surface area contributed by atoms with Gasteiger partial charge in [0.2, 0.25) is 0 Å². The molecule has 0 aliphatic rings. The SMILES string of the molecule is Cc1cc(NCCS(=O)CCOS(=O)(=O)O)nc(NCCS(=O)CCOS(=O)(=O)O)c1C#N. The van der Waals surface area contributed by atoms with E-state index < -0.39 is 55.6 Å². The highest BCUT2D eigenvalue weighted by Gasteiger charge is 2.12. The van der Waals surface area contributed by atoms with Gasteiger partial charge in [-0.2, -0.15) is 22.1 Å². The summed E-state index contributed by atoms with van der Waals surface area (Å²) < 4.78 is 90.7. The van der Waals surface area contributed by atoms with Crippen molar-refractivity contribution in [1.29, 1.82) is 5.26 Å². The molecule has 0 aliphatic heterocycles. The molecule has 188 valence electrons. The van der Waals surface area contributed by atoms with Gasteiger partial charge in [-0.25, -0.2) is 13.4 Å². The van der Waals surface area contributed by atoms with Gasteiger partial charge in [0.05, 0.1) is 18.8 Å². The molecule has 18 heteroatoms. The Bertz CT molecular complexity index is 1100. The Hall–Kier alpha value is -1.72. The first-order valence-corrected chi connectivity index (χ1v) is 14.8. The number of rotatable bonds is 16. The topological polar surface area (TPSA) is 222 Å². The van der Waals surface area contributed by atoms with Crippen LogP contribution in [-0.4, -0.2) is 88.7 Å². The third kappa shape index (κ3) is 13.5. The van der Waals surface area contributed by atoms with Crippen molar-refractivity contribution < 1.29 is 42.7 Å². The van der Waals surface area contributed by atoms with Crippen LogP contribution in [0, 0.1) is 18.3 Å². The molecule has 1 rings (SSSR count). The number of nitrogens with zero attached hydrogens (tertiary/aromatic N) is 2. The van der Waals surface area contributed by atoms with E-state index in [0.717, 1.165) is 0 Å². The van der Waals surface area contributed by atoms with Crippen molar-refractivity contribution in [3.05, 3.63) is 17.2 Å². The van der Waals surface area contributed by atoms with Crippen LogP contribution in [-0.2, 0) is 50.8 Å². The Morgan fingerprint density at radius 1 is 0.970 bits per heavy atom. The predicted molar refractivity (Wildman–Crippen MR) is 121 cm³/mol. The molecule has 0 aliphatic carbocycles. The van der Waals surface area contributed by atoms with Gasteiger partial charge in [-0.3, -0.25) is 17.5 Å². The van der Waals surface area contributed by atoms with E-state index >= 15 is 0 Å². The molecule has 0 fully saturated rings. The van der Waals surface area contributed by atoms with Gasteiger partial charge in [-0.1, -0.05) is 0 Å². The lowest BCUT2D eigenvalue weighted by atomic mass is 10.1. The van der Waals surface area contributed by atoms with Crippen LogP contribution in [0.3, 0.4) is 0 Å². The van der Waals surface area contributed by atoms with Crippen molar-refractivity contribution in [2.75, 3.05) is 59.9 Å². The molecule has 0 amide bonds. The molecular formula is C15H24N4O10S4. The summed E-state index contributed by atoms with van der Waals surface area (Å²) in [6.07, 6.45) is 0. The van der Waals surface area contributed by atoms with Crippen LogP contribution in [0.25, 0.3) is 0 Å². The number of nitrogens with one attached hydrogen (secondary N) is 2. The zero-order valence-electron chi connectivity index (χ0n) is 17.4. The molecule has 0 aromatic carbocycles. The highest BCUT2D eigenvalue weighted by molar-refractivity contribution is 7.85. The van der Waals surface area contributed by atoms with E-state index in [2.05, 4.69) is 24.0 Å². The lowest BCUT2D eigenvalue weighted by Crippen LogP contribution is -2.19. The minimum absolute atomic E-state index is 0.0967. The largest absolute Gasteiger partial charge is 0.397 e. The molecule has 0 spiro atoms. The number of aromatic nitrogens is 1. The Kier molecular flexibility index (Phi) is 12.3. The molecule has 2 atom stereocenters. The third-order valence-corrected chi connectivity index (χ3v) is 7.16. The quantitative estimate of drug-likeness (QED) is 0.186. The lowest BCUT2D eigenvalue weighted by Gasteiger charge is -2.13. The first-order chi connectivity index (χ1) is 15.3. The second kappa shape index (κ2) is 13.9. The molecule has 0 saturated heterocycles. The van der Waals surface area contributed by atoms with Crippen molar-refractivity contribution in [3.63, 3.8) is 0 Å². The van der Waals surface area contributed by atoms with E-state index in [1.54, 1.807) is 13.0 Å². The summed E-state index contributed by atoms with van der Waals surface area (Å²) in [4.78, 5) is 4.27. The molecule has 0 saturated carbocycles. The van der Waals surface area contributed by atoms with E-state index in [1.165, 1.54) is 0 Å². The van der Waals surface area contributed by atoms with E-state index in [-0.39, 0.29) is 47.5 Å². The number of hydrogen-bond acceptors (Lipinski definition) is 12. The molecule has 2 unspecified atom stereocenters. The highest BCUT2D eigenvalue weighted by Crippen LogP contribution is 2.20. The van der Waals surface area contributed by atoms with Gasteiger partial charge < -0.3 is 10.6 Å². The zero-order valence-corrected chi connectivity index (χ0v) is 20.7. The standard InChI is InChI=1S/C15H24N4O10S4/c1-12-10-14(17-2-6-30(20)8-4-28-32(22,23)24)19-15(13(12)11-16)18-3-7-31(21)9-5-29-33(25,26)27/h10H,2-9H2,1H3,(H2,17,18,19)(H,22,23,24)(H,25,26,27). The maximum Gasteiger partial charge on any atom is 0.397 e. The van der Waals surface area contributed by atoms with E-state index in [9.17, 15) is 30.5 Å². The molecule has 0 radical (unpaired) electrons. The minimum Gasteiger partial charge on any atom is -0.369 e. The first kappa shape index (κ1) is 29.3. The maximum absolute atomic E-state index is 11.9. The third-order valence-electron chi connectivity index (χ3n) is 3.67. The number of pyridine rings is 1. The highest BCUT2D eigenvalue weighted by atomic mass is 32.3. The average Bonchev–Trinajstić information content (AvgIpc) is 2.66. The Morgan fingerprint density at radius 3 is 1.91 bits per heavy atom. The molecule has 14 nitrogen and oxygen atoms in total.